The molecule has 78 valence electrons. The molecule has 0 aliphatic carbocycles. The molecule has 0 saturated heterocycles. The summed E-state index contributed by atoms with van der Waals surface area (Å²) in [4.78, 5) is 4.33. The maximum Gasteiger partial charge on any atom is 0.0408 e. The Kier molecular flexibility index (Phi) is 3.64. The Morgan fingerprint density at radius 3 is 2.64 bits per heavy atom. The topological polar surface area (TPSA) is 38.9 Å². The fourth-order valence-electron chi connectivity index (χ4n) is 1.94. The maximum absolute atomic E-state index is 5.81. The van der Waals surface area contributed by atoms with Gasteiger partial charge in [-0.05, 0) is 37.3 Å². The van der Waals surface area contributed by atoms with Crippen LogP contribution in [-0.2, 0) is 6.42 Å². The lowest BCUT2D eigenvalue weighted by Crippen LogP contribution is -2.26. The molecule has 0 bridgehead atoms. The van der Waals surface area contributed by atoms with Crippen LogP contribution in [0.5, 0.6) is 0 Å². The Bertz CT molecular complexity index is 265. The van der Waals surface area contributed by atoms with Crippen LogP contribution in [0.25, 0.3) is 0 Å². The molecule has 2 nitrogen and oxygen atoms in total. The van der Waals surface area contributed by atoms with Crippen LogP contribution in [0.3, 0.4) is 0 Å². The van der Waals surface area contributed by atoms with Crippen LogP contribution in [0.4, 0.5) is 0 Å². The zero-order valence-electron chi connectivity index (χ0n) is 9.33. The van der Waals surface area contributed by atoms with Crippen LogP contribution in [0.1, 0.15) is 32.9 Å². The van der Waals surface area contributed by atoms with Crippen molar-refractivity contribution in [3.8, 4) is 0 Å². The van der Waals surface area contributed by atoms with E-state index in [9.17, 15) is 0 Å². The molecule has 0 spiro atoms. The molecule has 1 atom stereocenters. The Hall–Kier alpha value is -0.890. The lowest BCUT2D eigenvalue weighted by molar-refractivity contribution is 0.306. The first-order valence-electron chi connectivity index (χ1n) is 5.15. The summed E-state index contributed by atoms with van der Waals surface area (Å²) in [6, 6.07) is 6.31. The van der Waals surface area contributed by atoms with Crippen molar-refractivity contribution in [1.82, 2.24) is 4.98 Å². The smallest absolute Gasteiger partial charge is 0.0408 e. The Balaban J connectivity index is 2.59. The number of nitrogens with zero attached hydrogens (tertiary/aromatic N) is 1. The molecule has 0 aliphatic rings. The highest BCUT2D eigenvalue weighted by Gasteiger charge is 2.20. The highest BCUT2D eigenvalue weighted by Crippen LogP contribution is 2.25. The summed E-state index contributed by atoms with van der Waals surface area (Å²) < 4.78 is 0. The molecule has 0 fully saturated rings. The van der Waals surface area contributed by atoms with E-state index in [4.69, 9.17) is 5.73 Å². The number of pyridine rings is 1. The predicted octanol–water partition coefficient (Wildman–Crippen LogP) is 2.39. The molecule has 1 aromatic heterocycles. The summed E-state index contributed by atoms with van der Waals surface area (Å²) in [5, 5.41) is 0. The van der Waals surface area contributed by atoms with Gasteiger partial charge in [-0.1, -0.05) is 19.9 Å². The number of hydrogen-bond acceptors (Lipinski definition) is 2. The molecule has 2 heteroatoms. The minimum atomic E-state index is 0.239. The SMILES string of the molecule is CC(N)CC(C)(C)Cc1ccccn1. The van der Waals surface area contributed by atoms with Gasteiger partial charge >= 0.3 is 0 Å². The number of rotatable bonds is 4. The van der Waals surface area contributed by atoms with Crippen molar-refractivity contribution >= 4 is 0 Å². The van der Waals surface area contributed by atoms with E-state index >= 15 is 0 Å². The van der Waals surface area contributed by atoms with Crippen molar-refractivity contribution in [1.29, 1.82) is 0 Å². The van der Waals surface area contributed by atoms with E-state index in [0.717, 1.165) is 18.5 Å². The van der Waals surface area contributed by atoms with E-state index in [1.807, 2.05) is 18.3 Å². The van der Waals surface area contributed by atoms with Crippen molar-refractivity contribution < 1.29 is 0 Å². The fourth-order valence-corrected chi connectivity index (χ4v) is 1.94. The molecule has 14 heavy (non-hydrogen) atoms. The van der Waals surface area contributed by atoms with Gasteiger partial charge in [-0.25, -0.2) is 0 Å². The minimum Gasteiger partial charge on any atom is -0.328 e. The van der Waals surface area contributed by atoms with Gasteiger partial charge in [0.2, 0.25) is 0 Å². The summed E-state index contributed by atoms with van der Waals surface area (Å²) in [5.41, 5.74) is 7.20. The van der Waals surface area contributed by atoms with Gasteiger partial charge in [-0.15, -0.1) is 0 Å². The third-order valence-corrected chi connectivity index (χ3v) is 2.26. The molecule has 1 unspecified atom stereocenters. The Morgan fingerprint density at radius 2 is 2.14 bits per heavy atom. The van der Waals surface area contributed by atoms with Crippen molar-refractivity contribution in [2.45, 2.75) is 39.7 Å². The van der Waals surface area contributed by atoms with Crippen molar-refractivity contribution in [2.75, 3.05) is 0 Å². The zero-order chi connectivity index (χ0) is 10.6. The van der Waals surface area contributed by atoms with Gasteiger partial charge in [0.25, 0.3) is 0 Å². The molecule has 0 amide bonds. The third kappa shape index (κ3) is 3.88. The normalized spacial score (nSPS) is 14.0. The van der Waals surface area contributed by atoms with E-state index in [1.54, 1.807) is 0 Å². The summed E-state index contributed by atoms with van der Waals surface area (Å²) >= 11 is 0. The average Bonchev–Trinajstić information content (AvgIpc) is 2.02. The van der Waals surface area contributed by atoms with Crippen LogP contribution < -0.4 is 5.73 Å². The summed E-state index contributed by atoms with van der Waals surface area (Å²) in [6.07, 6.45) is 3.87. The largest absolute Gasteiger partial charge is 0.328 e. The average molecular weight is 192 g/mol. The molecule has 1 rings (SSSR count). The summed E-state index contributed by atoms with van der Waals surface area (Å²) in [5.74, 6) is 0. The van der Waals surface area contributed by atoms with Crippen LogP contribution >= 0.6 is 0 Å². The fraction of sp³-hybridized carbons (Fsp3) is 0.583. The quantitative estimate of drug-likeness (QED) is 0.795. The van der Waals surface area contributed by atoms with E-state index in [0.29, 0.717) is 0 Å². The molecule has 1 heterocycles. The van der Waals surface area contributed by atoms with Gasteiger partial charge in [-0.2, -0.15) is 0 Å². The first kappa shape index (κ1) is 11.2. The van der Waals surface area contributed by atoms with Crippen molar-refractivity contribution in [3.63, 3.8) is 0 Å². The van der Waals surface area contributed by atoms with Gasteiger partial charge in [-0.3, -0.25) is 4.98 Å². The maximum atomic E-state index is 5.81. The first-order valence-corrected chi connectivity index (χ1v) is 5.15. The van der Waals surface area contributed by atoms with Crippen LogP contribution in [-0.4, -0.2) is 11.0 Å². The lowest BCUT2D eigenvalue weighted by Gasteiger charge is -2.26. The summed E-state index contributed by atoms with van der Waals surface area (Å²) in [7, 11) is 0. The van der Waals surface area contributed by atoms with E-state index in [-0.39, 0.29) is 11.5 Å². The molecule has 0 aliphatic heterocycles. The molecule has 1 aromatic rings. The Labute approximate surface area is 86.5 Å². The highest BCUT2D eigenvalue weighted by molar-refractivity contribution is 5.05. The molecule has 0 aromatic carbocycles. The minimum absolute atomic E-state index is 0.239. The van der Waals surface area contributed by atoms with Gasteiger partial charge in [0.15, 0.2) is 0 Å². The summed E-state index contributed by atoms with van der Waals surface area (Å²) in [6.45, 7) is 6.54. The van der Waals surface area contributed by atoms with E-state index in [2.05, 4.69) is 31.8 Å². The molecular formula is C12H20N2. The lowest BCUT2D eigenvalue weighted by atomic mass is 9.82. The molecule has 0 saturated carbocycles. The van der Waals surface area contributed by atoms with Crippen LogP contribution in [0.15, 0.2) is 24.4 Å². The predicted molar refractivity (Wildman–Crippen MR) is 60.0 cm³/mol. The second kappa shape index (κ2) is 4.56. The van der Waals surface area contributed by atoms with Gasteiger partial charge in [0.1, 0.15) is 0 Å². The van der Waals surface area contributed by atoms with Crippen LogP contribution in [0.2, 0.25) is 0 Å². The van der Waals surface area contributed by atoms with Crippen molar-refractivity contribution in [2.24, 2.45) is 11.1 Å². The number of nitrogens with two attached hydrogens (primary N) is 1. The molecular weight excluding hydrogens is 172 g/mol. The second-order valence-electron chi connectivity index (χ2n) is 4.84. The van der Waals surface area contributed by atoms with E-state index < -0.39 is 0 Å². The van der Waals surface area contributed by atoms with Crippen molar-refractivity contribution in [3.05, 3.63) is 30.1 Å². The first-order chi connectivity index (χ1) is 6.49. The molecule has 2 N–H and O–H groups in total. The van der Waals surface area contributed by atoms with Crippen LogP contribution in [0, 0.1) is 5.41 Å². The Morgan fingerprint density at radius 1 is 1.43 bits per heavy atom. The standard InChI is InChI=1S/C12H20N2/c1-10(13)8-12(2,3)9-11-6-4-5-7-14-11/h4-7,10H,8-9,13H2,1-3H3. The molecule has 0 radical (unpaired) electrons. The van der Waals surface area contributed by atoms with E-state index in [1.165, 1.54) is 0 Å². The van der Waals surface area contributed by atoms with Gasteiger partial charge in [0, 0.05) is 17.9 Å². The monoisotopic (exact) mass is 192 g/mol. The third-order valence-electron chi connectivity index (χ3n) is 2.26. The number of hydrogen-bond donors (Lipinski definition) is 1. The van der Waals surface area contributed by atoms with Gasteiger partial charge < -0.3 is 5.73 Å². The second-order valence-corrected chi connectivity index (χ2v) is 4.84. The number of aromatic nitrogens is 1. The highest BCUT2D eigenvalue weighted by atomic mass is 14.7. The van der Waals surface area contributed by atoms with Gasteiger partial charge in [0.05, 0.1) is 0 Å². The zero-order valence-corrected chi connectivity index (χ0v) is 9.33.